The van der Waals surface area contributed by atoms with Crippen LogP contribution in [0.25, 0.3) is 0 Å². The molecular formula is C22H24FN3O2. The van der Waals surface area contributed by atoms with Gasteiger partial charge in [-0.1, -0.05) is 24.3 Å². The van der Waals surface area contributed by atoms with Crippen molar-refractivity contribution < 1.29 is 14.0 Å². The van der Waals surface area contributed by atoms with Crippen LogP contribution < -0.4 is 10.6 Å². The summed E-state index contributed by atoms with van der Waals surface area (Å²) in [5.74, 6) is -0.565. The Morgan fingerprint density at radius 1 is 1.00 bits per heavy atom. The van der Waals surface area contributed by atoms with Crippen molar-refractivity contribution in [2.24, 2.45) is 0 Å². The maximum Gasteiger partial charge on any atom is 0.253 e. The Labute approximate surface area is 163 Å². The summed E-state index contributed by atoms with van der Waals surface area (Å²) in [5, 5.41) is 5.85. The van der Waals surface area contributed by atoms with Gasteiger partial charge in [-0.3, -0.25) is 14.5 Å². The predicted octanol–water partition coefficient (Wildman–Crippen LogP) is 3.32. The number of amides is 2. The third-order valence-electron chi connectivity index (χ3n) is 5.07. The van der Waals surface area contributed by atoms with Crippen LogP contribution in [-0.2, 0) is 11.3 Å². The number of halogens is 1. The lowest BCUT2D eigenvalue weighted by atomic mass is 10.1. The van der Waals surface area contributed by atoms with Crippen molar-refractivity contribution in [1.82, 2.24) is 10.2 Å². The second-order valence-corrected chi connectivity index (χ2v) is 7.60. The van der Waals surface area contributed by atoms with E-state index in [-0.39, 0.29) is 30.2 Å². The number of rotatable bonds is 8. The SMILES string of the molecule is O=C(CN(Cc1ccc(F)cc1)C1CC1)Nc1ccccc1C(=O)NC1CC1. The molecule has 0 aromatic heterocycles. The van der Waals surface area contributed by atoms with Crippen molar-refractivity contribution in [2.45, 2.75) is 44.3 Å². The first-order valence-electron chi connectivity index (χ1n) is 9.77. The highest BCUT2D eigenvalue weighted by Gasteiger charge is 2.30. The number of hydrogen-bond acceptors (Lipinski definition) is 3. The number of nitrogens with zero attached hydrogens (tertiary/aromatic N) is 1. The van der Waals surface area contributed by atoms with Gasteiger partial charge in [0.15, 0.2) is 0 Å². The van der Waals surface area contributed by atoms with Gasteiger partial charge in [-0.2, -0.15) is 0 Å². The molecular weight excluding hydrogens is 357 g/mol. The second kappa shape index (κ2) is 8.10. The fourth-order valence-electron chi connectivity index (χ4n) is 3.23. The lowest BCUT2D eigenvalue weighted by molar-refractivity contribution is -0.117. The van der Waals surface area contributed by atoms with Crippen molar-refractivity contribution in [2.75, 3.05) is 11.9 Å². The van der Waals surface area contributed by atoms with E-state index >= 15 is 0 Å². The number of hydrogen-bond donors (Lipinski definition) is 2. The zero-order valence-corrected chi connectivity index (χ0v) is 15.7. The van der Waals surface area contributed by atoms with Gasteiger partial charge in [-0.05, 0) is 55.5 Å². The van der Waals surface area contributed by atoms with Crippen LogP contribution in [0.2, 0.25) is 0 Å². The molecule has 2 fully saturated rings. The maximum absolute atomic E-state index is 13.1. The van der Waals surface area contributed by atoms with E-state index in [1.54, 1.807) is 36.4 Å². The summed E-state index contributed by atoms with van der Waals surface area (Å²) in [5.41, 5.74) is 1.99. The summed E-state index contributed by atoms with van der Waals surface area (Å²) < 4.78 is 13.1. The summed E-state index contributed by atoms with van der Waals surface area (Å²) >= 11 is 0. The smallest absolute Gasteiger partial charge is 0.253 e. The number of carbonyl (C=O) groups excluding carboxylic acids is 2. The first kappa shape index (κ1) is 18.6. The Morgan fingerprint density at radius 3 is 2.39 bits per heavy atom. The molecule has 2 amide bonds. The summed E-state index contributed by atoms with van der Waals surface area (Å²) in [7, 11) is 0. The highest BCUT2D eigenvalue weighted by Crippen LogP contribution is 2.28. The normalized spacial score (nSPS) is 16.1. The molecule has 0 unspecified atom stereocenters. The van der Waals surface area contributed by atoms with Gasteiger partial charge in [0.1, 0.15) is 5.82 Å². The van der Waals surface area contributed by atoms with E-state index in [9.17, 15) is 14.0 Å². The minimum atomic E-state index is -0.263. The molecule has 2 N–H and O–H groups in total. The minimum absolute atomic E-state index is 0.149. The Bertz CT molecular complexity index is 860. The van der Waals surface area contributed by atoms with Crippen LogP contribution >= 0.6 is 0 Å². The molecule has 0 saturated heterocycles. The van der Waals surface area contributed by atoms with Crippen molar-refractivity contribution in [3.05, 3.63) is 65.5 Å². The topological polar surface area (TPSA) is 61.4 Å². The molecule has 0 bridgehead atoms. The van der Waals surface area contributed by atoms with Crippen molar-refractivity contribution in [3.63, 3.8) is 0 Å². The van der Waals surface area contributed by atoms with Crippen molar-refractivity contribution in [1.29, 1.82) is 0 Å². The van der Waals surface area contributed by atoms with Gasteiger partial charge in [0, 0.05) is 18.6 Å². The van der Waals surface area contributed by atoms with Crippen LogP contribution in [0, 0.1) is 5.82 Å². The molecule has 6 heteroatoms. The quantitative estimate of drug-likeness (QED) is 0.737. The molecule has 2 aliphatic rings. The Hall–Kier alpha value is -2.73. The van der Waals surface area contributed by atoms with Crippen LogP contribution in [0.4, 0.5) is 10.1 Å². The van der Waals surface area contributed by atoms with Crippen LogP contribution in [-0.4, -0.2) is 35.3 Å². The van der Waals surface area contributed by atoms with E-state index in [1.165, 1.54) is 12.1 Å². The van der Waals surface area contributed by atoms with E-state index < -0.39 is 0 Å². The number of para-hydroxylation sites is 1. The largest absolute Gasteiger partial charge is 0.349 e. The molecule has 5 nitrogen and oxygen atoms in total. The van der Waals surface area contributed by atoms with Crippen LogP contribution in [0.3, 0.4) is 0 Å². The van der Waals surface area contributed by atoms with Gasteiger partial charge < -0.3 is 10.6 Å². The van der Waals surface area contributed by atoms with E-state index in [0.717, 1.165) is 31.2 Å². The Morgan fingerprint density at radius 2 is 1.71 bits per heavy atom. The van der Waals surface area contributed by atoms with E-state index in [0.29, 0.717) is 23.8 Å². The number of carbonyl (C=O) groups is 2. The average molecular weight is 381 g/mol. The van der Waals surface area contributed by atoms with E-state index in [2.05, 4.69) is 15.5 Å². The minimum Gasteiger partial charge on any atom is -0.349 e. The van der Waals surface area contributed by atoms with Gasteiger partial charge >= 0.3 is 0 Å². The first-order chi connectivity index (χ1) is 13.6. The second-order valence-electron chi connectivity index (χ2n) is 7.60. The molecule has 2 saturated carbocycles. The Balaban J connectivity index is 1.40. The molecule has 2 aliphatic carbocycles. The molecule has 28 heavy (non-hydrogen) atoms. The van der Waals surface area contributed by atoms with Gasteiger partial charge in [0.25, 0.3) is 5.91 Å². The monoisotopic (exact) mass is 381 g/mol. The van der Waals surface area contributed by atoms with Crippen molar-refractivity contribution in [3.8, 4) is 0 Å². The summed E-state index contributed by atoms with van der Waals surface area (Å²) in [4.78, 5) is 27.2. The number of benzene rings is 2. The van der Waals surface area contributed by atoms with Crippen LogP contribution in [0.1, 0.15) is 41.6 Å². The fourth-order valence-corrected chi connectivity index (χ4v) is 3.23. The fraction of sp³-hybridized carbons (Fsp3) is 0.364. The predicted molar refractivity (Wildman–Crippen MR) is 105 cm³/mol. The standard InChI is InChI=1S/C22H24FN3O2/c23-16-7-5-15(6-8-16)13-26(18-11-12-18)14-21(27)25-20-4-2-1-3-19(20)22(28)24-17-9-10-17/h1-8,17-18H,9-14H2,(H,24,28)(H,25,27). The number of nitrogens with one attached hydrogen (secondary N) is 2. The average Bonchev–Trinajstić information content (AvgIpc) is 3.58. The lowest BCUT2D eigenvalue weighted by Crippen LogP contribution is -2.35. The zero-order chi connectivity index (χ0) is 19.5. The molecule has 2 aromatic rings. The summed E-state index contributed by atoms with van der Waals surface area (Å²) in [6.07, 6.45) is 4.16. The van der Waals surface area contributed by atoms with E-state index in [1.807, 2.05) is 0 Å². The highest BCUT2D eigenvalue weighted by atomic mass is 19.1. The molecule has 4 rings (SSSR count). The van der Waals surface area contributed by atoms with Crippen LogP contribution in [0.5, 0.6) is 0 Å². The molecule has 0 aliphatic heterocycles. The Kier molecular flexibility index (Phi) is 5.39. The first-order valence-corrected chi connectivity index (χ1v) is 9.77. The third-order valence-corrected chi connectivity index (χ3v) is 5.07. The number of anilines is 1. The molecule has 146 valence electrons. The van der Waals surface area contributed by atoms with Gasteiger partial charge in [-0.15, -0.1) is 0 Å². The molecule has 2 aromatic carbocycles. The maximum atomic E-state index is 13.1. The molecule has 0 heterocycles. The highest BCUT2D eigenvalue weighted by molar-refractivity contribution is 6.04. The molecule has 0 atom stereocenters. The summed E-state index contributed by atoms with van der Waals surface area (Å²) in [6, 6.07) is 14.1. The third kappa shape index (κ3) is 4.95. The van der Waals surface area contributed by atoms with Gasteiger partial charge in [0.05, 0.1) is 17.8 Å². The molecule has 0 radical (unpaired) electrons. The van der Waals surface area contributed by atoms with Crippen molar-refractivity contribution >= 4 is 17.5 Å². The van der Waals surface area contributed by atoms with Gasteiger partial charge in [0.2, 0.25) is 5.91 Å². The van der Waals surface area contributed by atoms with Crippen LogP contribution in [0.15, 0.2) is 48.5 Å². The summed E-state index contributed by atoms with van der Waals surface area (Å²) in [6.45, 7) is 0.836. The van der Waals surface area contributed by atoms with E-state index in [4.69, 9.17) is 0 Å². The lowest BCUT2D eigenvalue weighted by Gasteiger charge is -2.22. The molecule has 0 spiro atoms. The van der Waals surface area contributed by atoms with Gasteiger partial charge in [-0.25, -0.2) is 4.39 Å². The zero-order valence-electron chi connectivity index (χ0n) is 15.7.